The van der Waals surface area contributed by atoms with E-state index < -0.39 is 5.97 Å². The van der Waals surface area contributed by atoms with Gasteiger partial charge in [-0.05, 0) is 59.2 Å². The third-order valence-corrected chi connectivity index (χ3v) is 4.71. The van der Waals surface area contributed by atoms with Crippen molar-refractivity contribution in [2.24, 2.45) is 0 Å². The van der Waals surface area contributed by atoms with Crippen LogP contribution in [0.5, 0.6) is 5.75 Å². The lowest BCUT2D eigenvalue weighted by molar-refractivity contribution is 0.0520. The van der Waals surface area contributed by atoms with E-state index in [2.05, 4.69) is 15.3 Å². The fourth-order valence-electron chi connectivity index (χ4n) is 2.48. The second-order valence-electron chi connectivity index (χ2n) is 5.66. The van der Waals surface area contributed by atoms with Crippen LogP contribution < -0.4 is 4.74 Å². The Morgan fingerprint density at radius 3 is 2.74 bits per heavy atom. The number of nitrogens with zero attached hydrogens (tertiary/aromatic N) is 3. The predicted molar refractivity (Wildman–Crippen MR) is 99.6 cm³/mol. The van der Waals surface area contributed by atoms with Gasteiger partial charge < -0.3 is 9.47 Å². The van der Waals surface area contributed by atoms with Gasteiger partial charge in [-0.1, -0.05) is 6.07 Å². The molecule has 136 valence electrons. The minimum atomic E-state index is -0.403. The van der Waals surface area contributed by atoms with Gasteiger partial charge in [-0.3, -0.25) is 0 Å². The van der Waals surface area contributed by atoms with Crippen molar-refractivity contribution in [2.45, 2.75) is 13.5 Å². The maximum absolute atomic E-state index is 11.7. The van der Waals surface area contributed by atoms with Crippen LogP contribution >= 0.6 is 11.3 Å². The standard InChI is InChI=1S/C19H15N3O4S/c1-2-24-19(23)17-11-27-18(20-17)13-4-6-14(7-5-13)25-10-12-3-8-15-16(9-12)22-26-21-15/h3-9,11H,2,10H2,1H3. The van der Waals surface area contributed by atoms with E-state index in [9.17, 15) is 4.79 Å². The van der Waals surface area contributed by atoms with Gasteiger partial charge in [0.25, 0.3) is 0 Å². The number of hydrogen-bond acceptors (Lipinski definition) is 8. The number of aromatic nitrogens is 3. The van der Waals surface area contributed by atoms with E-state index >= 15 is 0 Å². The van der Waals surface area contributed by atoms with Gasteiger partial charge in [0.2, 0.25) is 0 Å². The first kappa shape index (κ1) is 17.2. The summed E-state index contributed by atoms with van der Waals surface area (Å²) in [7, 11) is 0. The number of thiazole rings is 1. The molecule has 2 heterocycles. The van der Waals surface area contributed by atoms with Crippen LogP contribution in [-0.4, -0.2) is 27.9 Å². The molecule has 2 aromatic carbocycles. The average Bonchev–Trinajstić information content (AvgIpc) is 3.36. The lowest BCUT2D eigenvalue weighted by atomic mass is 10.2. The van der Waals surface area contributed by atoms with Gasteiger partial charge in [0.15, 0.2) is 5.69 Å². The molecule has 0 bridgehead atoms. The van der Waals surface area contributed by atoms with Crippen LogP contribution in [0.1, 0.15) is 23.0 Å². The highest BCUT2D eigenvalue weighted by Gasteiger charge is 2.12. The molecular formula is C19H15N3O4S. The Bertz CT molecular complexity index is 1070. The zero-order valence-corrected chi connectivity index (χ0v) is 15.2. The Morgan fingerprint density at radius 2 is 1.93 bits per heavy atom. The summed E-state index contributed by atoms with van der Waals surface area (Å²) < 4.78 is 15.5. The molecule has 0 aliphatic carbocycles. The molecule has 0 N–H and O–H groups in total. The summed E-state index contributed by atoms with van der Waals surface area (Å²) in [6.45, 7) is 2.51. The van der Waals surface area contributed by atoms with E-state index in [0.717, 1.165) is 21.9 Å². The van der Waals surface area contributed by atoms with Crippen LogP contribution in [0.3, 0.4) is 0 Å². The number of hydrogen-bond donors (Lipinski definition) is 0. The third kappa shape index (κ3) is 3.80. The number of fused-ring (bicyclic) bond motifs is 1. The first-order valence-electron chi connectivity index (χ1n) is 8.30. The quantitative estimate of drug-likeness (QED) is 0.465. The summed E-state index contributed by atoms with van der Waals surface area (Å²) in [5.74, 6) is 0.332. The van der Waals surface area contributed by atoms with E-state index in [1.165, 1.54) is 11.3 Å². The molecule has 0 saturated heterocycles. The van der Waals surface area contributed by atoms with Crippen molar-refractivity contribution in [2.75, 3.05) is 6.61 Å². The normalized spacial score (nSPS) is 10.9. The highest BCUT2D eigenvalue weighted by Crippen LogP contribution is 2.26. The monoisotopic (exact) mass is 381 g/mol. The fourth-order valence-corrected chi connectivity index (χ4v) is 3.28. The molecule has 0 aliphatic rings. The highest BCUT2D eigenvalue weighted by molar-refractivity contribution is 7.13. The van der Waals surface area contributed by atoms with E-state index in [1.807, 2.05) is 42.5 Å². The van der Waals surface area contributed by atoms with E-state index in [-0.39, 0.29) is 0 Å². The minimum Gasteiger partial charge on any atom is -0.489 e. The van der Waals surface area contributed by atoms with Crippen LogP contribution in [0.4, 0.5) is 0 Å². The summed E-state index contributed by atoms with van der Waals surface area (Å²) in [5.41, 5.74) is 3.63. The molecular weight excluding hydrogens is 366 g/mol. The van der Waals surface area contributed by atoms with Gasteiger partial charge in [-0.2, -0.15) is 0 Å². The summed E-state index contributed by atoms with van der Waals surface area (Å²) in [5, 5.41) is 10.1. The summed E-state index contributed by atoms with van der Waals surface area (Å²) in [6, 6.07) is 13.2. The lowest BCUT2D eigenvalue weighted by Gasteiger charge is -2.06. The van der Waals surface area contributed by atoms with Crippen LogP contribution in [0.2, 0.25) is 0 Å². The second kappa shape index (κ2) is 7.55. The van der Waals surface area contributed by atoms with Crippen molar-refractivity contribution in [1.29, 1.82) is 0 Å². The third-order valence-electron chi connectivity index (χ3n) is 3.81. The molecule has 0 amide bonds. The Labute approximate surface area is 158 Å². The molecule has 7 nitrogen and oxygen atoms in total. The van der Waals surface area contributed by atoms with Crippen LogP contribution in [0, 0.1) is 0 Å². The van der Waals surface area contributed by atoms with Gasteiger partial charge in [0.1, 0.15) is 28.4 Å². The Kier molecular flexibility index (Phi) is 4.80. The van der Waals surface area contributed by atoms with E-state index in [1.54, 1.807) is 12.3 Å². The zero-order valence-electron chi connectivity index (χ0n) is 14.4. The van der Waals surface area contributed by atoms with Gasteiger partial charge in [0.05, 0.1) is 6.61 Å². The van der Waals surface area contributed by atoms with Crippen molar-refractivity contribution < 1.29 is 18.9 Å². The molecule has 0 fully saturated rings. The second-order valence-corrected chi connectivity index (χ2v) is 6.52. The molecule has 8 heteroatoms. The molecule has 4 aromatic rings. The molecule has 0 saturated carbocycles. The molecule has 0 spiro atoms. The van der Waals surface area contributed by atoms with Crippen molar-refractivity contribution in [3.63, 3.8) is 0 Å². The van der Waals surface area contributed by atoms with Crippen LogP contribution in [0.25, 0.3) is 21.6 Å². The van der Waals surface area contributed by atoms with Crippen molar-refractivity contribution in [1.82, 2.24) is 15.3 Å². The predicted octanol–water partition coefficient (Wildman–Crippen LogP) is 4.10. The van der Waals surface area contributed by atoms with Crippen LogP contribution in [0.15, 0.2) is 52.5 Å². The largest absolute Gasteiger partial charge is 0.489 e. The molecule has 2 aromatic heterocycles. The summed E-state index contributed by atoms with van der Waals surface area (Å²) >= 11 is 1.40. The minimum absolute atomic E-state index is 0.329. The summed E-state index contributed by atoms with van der Waals surface area (Å²) in [4.78, 5) is 16.0. The van der Waals surface area contributed by atoms with Gasteiger partial charge in [-0.25, -0.2) is 14.4 Å². The number of carbonyl (C=O) groups is 1. The first-order chi connectivity index (χ1) is 13.2. The Balaban J connectivity index is 1.42. The maximum Gasteiger partial charge on any atom is 0.357 e. The zero-order chi connectivity index (χ0) is 18.6. The smallest absolute Gasteiger partial charge is 0.357 e. The van der Waals surface area contributed by atoms with Gasteiger partial charge in [-0.15, -0.1) is 11.3 Å². The fraction of sp³-hybridized carbons (Fsp3) is 0.158. The topological polar surface area (TPSA) is 87.3 Å². The van der Waals surface area contributed by atoms with Crippen molar-refractivity contribution in [3.8, 4) is 16.3 Å². The maximum atomic E-state index is 11.7. The molecule has 0 aliphatic heterocycles. The van der Waals surface area contributed by atoms with E-state index in [0.29, 0.717) is 29.9 Å². The lowest BCUT2D eigenvalue weighted by Crippen LogP contribution is -2.04. The number of rotatable bonds is 6. The molecule has 0 unspecified atom stereocenters. The number of carbonyl (C=O) groups excluding carboxylic acids is 1. The Hall–Kier alpha value is -3.26. The van der Waals surface area contributed by atoms with Crippen molar-refractivity contribution >= 4 is 28.3 Å². The summed E-state index contributed by atoms with van der Waals surface area (Å²) in [6.07, 6.45) is 0. The number of benzene rings is 2. The Morgan fingerprint density at radius 1 is 1.11 bits per heavy atom. The molecule has 27 heavy (non-hydrogen) atoms. The van der Waals surface area contributed by atoms with Gasteiger partial charge in [0, 0.05) is 10.9 Å². The van der Waals surface area contributed by atoms with Crippen molar-refractivity contribution in [3.05, 3.63) is 59.1 Å². The van der Waals surface area contributed by atoms with Crippen LogP contribution in [-0.2, 0) is 11.3 Å². The molecule has 4 rings (SSSR count). The number of ether oxygens (including phenoxy) is 2. The van der Waals surface area contributed by atoms with E-state index in [4.69, 9.17) is 14.1 Å². The average molecular weight is 381 g/mol. The van der Waals surface area contributed by atoms with Gasteiger partial charge >= 0.3 is 5.97 Å². The molecule has 0 radical (unpaired) electrons. The highest BCUT2D eigenvalue weighted by atomic mass is 32.1. The first-order valence-corrected chi connectivity index (χ1v) is 9.18. The number of esters is 1. The molecule has 0 atom stereocenters. The SMILES string of the molecule is CCOC(=O)c1csc(-c2ccc(OCc3ccc4nonc4c3)cc2)n1.